The van der Waals surface area contributed by atoms with Gasteiger partial charge in [-0.15, -0.1) is 11.8 Å². The van der Waals surface area contributed by atoms with Crippen LogP contribution in [0.3, 0.4) is 0 Å². The molecule has 4 nitrogen and oxygen atoms in total. The van der Waals surface area contributed by atoms with E-state index in [0.29, 0.717) is 28.5 Å². The van der Waals surface area contributed by atoms with Gasteiger partial charge in [-0.3, -0.25) is 4.79 Å². The molecule has 0 amide bonds. The van der Waals surface area contributed by atoms with Gasteiger partial charge in [-0.1, -0.05) is 13.8 Å². The molecule has 0 fully saturated rings. The molecule has 0 saturated heterocycles. The Morgan fingerprint density at radius 1 is 1.27 bits per heavy atom. The molecule has 2 aromatic rings. The molecule has 0 aliphatic carbocycles. The maximum atomic E-state index is 14.1. The van der Waals surface area contributed by atoms with Gasteiger partial charge in [0.15, 0.2) is 6.29 Å². The van der Waals surface area contributed by atoms with Gasteiger partial charge in [0.1, 0.15) is 17.3 Å². The first kappa shape index (κ1) is 24.1. The van der Waals surface area contributed by atoms with Crippen molar-refractivity contribution in [3.63, 3.8) is 0 Å². The average Bonchev–Trinajstić information content (AvgIpc) is 2.97. The Morgan fingerprint density at radius 3 is 2.31 bits per heavy atom. The summed E-state index contributed by atoms with van der Waals surface area (Å²) >= 11 is 0.592. The molecule has 0 bridgehead atoms. The fourth-order valence-electron chi connectivity index (χ4n) is 1.92. The summed E-state index contributed by atoms with van der Waals surface area (Å²) < 4.78 is 52.5. The van der Waals surface area contributed by atoms with Crippen LogP contribution in [0.5, 0.6) is 0 Å². The van der Waals surface area contributed by atoms with Gasteiger partial charge in [0.25, 0.3) is 0 Å². The summed E-state index contributed by atoms with van der Waals surface area (Å²) in [5.41, 5.74) is 0.727. The van der Waals surface area contributed by atoms with Gasteiger partial charge < -0.3 is 9.67 Å². The average molecular weight is 394 g/mol. The number of halogens is 4. The minimum absolute atomic E-state index is 0.0610. The SMILES string of the molecule is CC.CO.Cc1cc(F)c(-c2ncc(C=O)n2C)cc1SCC(F)(F)F. The fourth-order valence-corrected chi connectivity index (χ4v) is 2.73. The second-order valence-electron chi connectivity index (χ2n) is 4.68. The molecule has 146 valence electrons. The van der Waals surface area contributed by atoms with Crippen molar-refractivity contribution in [3.8, 4) is 11.4 Å². The van der Waals surface area contributed by atoms with Crippen molar-refractivity contribution >= 4 is 18.0 Å². The molecule has 1 aromatic carbocycles. The first-order valence-electron chi connectivity index (χ1n) is 7.64. The Labute approximate surface area is 154 Å². The van der Waals surface area contributed by atoms with Crippen LogP contribution in [0.4, 0.5) is 17.6 Å². The highest BCUT2D eigenvalue weighted by atomic mass is 32.2. The summed E-state index contributed by atoms with van der Waals surface area (Å²) in [6.07, 6.45) is -2.45. The third-order valence-corrected chi connectivity index (χ3v) is 4.26. The normalized spacial score (nSPS) is 10.4. The van der Waals surface area contributed by atoms with E-state index in [4.69, 9.17) is 5.11 Å². The lowest BCUT2D eigenvalue weighted by Crippen LogP contribution is -2.10. The molecule has 26 heavy (non-hydrogen) atoms. The molecule has 0 aliphatic rings. The number of rotatable bonds is 4. The number of aliphatic hydroxyl groups is 1. The highest BCUT2D eigenvalue weighted by molar-refractivity contribution is 7.99. The molecule has 0 radical (unpaired) electrons. The Hall–Kier alpha value is -1.87. The van der Waals surface area contributed by atoms with Crippen molar-refractivity contribution < 1.29 is 27.5 Å². The first-order valence-corrected chi connectivity index (χ1v) is 8.63. The molecule has 0 atom stereocenters. The zero-order valence-electron chi connectivity index (χ0n) is 15.2. The zero-order chi connectivity index (χ0) is 20.5. The van der Waals surface area contributed by atoms with Crippen LogP contribution in [0.2, 0.25) is 0 Å². The van der Waals surface area contributed by atoms with E-state index in [1.165, 1.54) is 29.9 Å². The zero-order valence-corrected chi connectivity index (χ0v) is 16.0. The topological polar surface area (TPSA) is 55.1 Å². The summed E-state index contributed by atoms with van der Waals surface area (Å²) in [5.74, 6) is -1.47. The van der Waals surface area contributed by atoms with Gasteiger partial charge in [0, 0.05) is 19.1 Å². The second-order valence-corrected chi connectivity index (χ2v) is 5.70. The van der Waals surface area contributed by atoms with E-state index in [2.05, 4.69) is 4.98 Å². The number of hydrogen-bond acceptors (Lipinski definition) is 4. The van der Waals surface area contributed by atoms with E-state index in [0.717, 1.165) is 7.11 Å². The first-order chi connectivity index (χ1) is 12.2. The van der Waals surface area contributed by atoms with Crippen molar-refractivity contribution in [1.29, 1.82) is 0 Å². The molecule has 2 rings (SSSR count). The van der Waals surface area contributed by atoms with Crippen LogP contribution in [-0.2, 0) is 7.05 Å². The van der Waals surface area contributed by atoms with Crippen LogP contribution in [0.1, 0.15) is 29.9 Å². The van der Waals surface area contributed by atoms with Crippen LogP contribution < -0.4 is 0 Å². The number of benzene rings is 1. The molecule has 1 heterocycles. The van der Waals surface area contributed by atoms with Gasteiger partial charge in [0.2, 0.25) is 0 Å². The molecule has 1 aromatic heterocycles. The summed E-state index contributed by atoms with van der Waals surface area (Å²) in [5, 5.41) is 7.00. The van der Waals surface area contributed by atoms with Gasteiger partial charge in [0.05, 0.1) is 17.5 Å². The standard InChI is InChI=1S/C14H12F4N2OS.C2H6.CH4O/c1-8-3-11(15)10(4-12(8)22-7-14(16,17)18)13-19-5-9(6-21)20(13)2;2*1-2/h3-6H,7H2,1-2H3;1-2H3;2H,1H3. The minimum atomic E-state index is -4.31. The van der Waals surface area contributed by atoms with Crippen molar-refractivity contribution in [3.05, 3.63) is 35.4 Å². The predicted octanol–water partition coefficient (Wildman–Crippen LogP) is 4.64. The Morgan fingerprint density at radius 2 is 1.85 bits per heavy atom. The number of aryl methyl sites for hydroxylation is 1. The van der Waals surface area contributed by atoms with Crippen LogP contribution in [0.15, 0.2) is 23.2 Å². The number of thioether (sulfide) groups is 1. The van der Waals surface area contributed by atoms with Gasteiger partial charge in [-0.05, 0) is 24.6 Å². The van der Waals surface area contributed by atoms with E-state index >= 15 is 0 Å². The third kappa shape index (κ3) is 6.45. The number of aromatic nitrogens is 2. The summed E-state index contributed by atoms with van der Waals surface area (Å²) in [6, 6.07) is 2.50. The van der Waals surface area contributed by atoms with Crippen molar-refractivity contribution in [2.24, 2.45) is 7.05 Å². The van der Waals surface area contributed by atoms with Gasteiger partial charge in [-0.2, -0.15) is 13.2 Å². The maximum Gasteiger partial charge on any atom is 0.398 e. The smallest absolute Gasteiger partial charge is 0.398 e. The highest BCUT2D eigenvalue weighted by Gasteiger charge is 2.28. The molecule has 9 heteroatoms. The molecule has 0 spiro atoms. The maximum absolute atomic E-state index is 14.1. The van der Waals surface area contributed by atoms with Gasteiger partial charge in [-0.25, -0.2) is 9.37 Å². The quantitative estimate of drug-likeness (QED) is 0.466. The Bertz CT molecular complexity index is 716. The highest BCUT2D eigenvalue weighted by Crippen LogP contribution is 2.33. The molecule has 0 unspecified atom stereocenters. The van der Waals surface area contributed by atoms with E-state index < -0.39 is 17.7 Å². The third-order valence-electron chi connectivity index (χ3n) is 3.04. The molecule has 1 N–H and O–H groups in total. The predicted molar refractivity (Wildman–Crippen MR) is 95.0 cm³/mol. The number of carbonyl (C=O) groups excluding carboxylic acids is 1. The largest absolute Gasteiger partial charge is 0.400 e. The summed E-state index contributed by atoms with van der Waals surface area (Å²) in [6.45, 7) is 5.54. The molecule has 0 aliphatic heterocycles. The van der Waals surface area contributed by atoms with Crippen molar-refractivity contribution in [1.82, 2.24) is 9.55 Å². The van der Waals surface area contributed by atoms with Crippen molar-refractivity contribution in [2.75, 3.05) is 12.9 Å². The van der Waals surface area contributed by atoms with E-state index in [9.17, 15) is 22.4 Å². The van der Waals surface area contributed by atoms with E-state index in [-0.39, 0.29) is 17.1 Å². The Kier molecular flexibility index (Phi) is 10.2. The van der Waals surface area contributed by atoms with Crippen LogP contribution >= 0.6 is 11.8 Å². The van der Waals surface area contributed by atoms with Crippen LogP contribution in [0.25, 0.3) is 11.4 Å². The fraction of sp³-hybridized carbons (Fsp3) is 0.412. The second kappa shape index (κ2) is 11.0. The number of carbonyl (C=O) groups is 1. The lowest BCUT2D eigenvalue weighted by Gasteiger charge is -2.11. The van der Waals surface area contributed by atoms with Gasteiger partial charge >= 0.3 is 6.18 Å². The minimum Gasteiger partial charge on any atom is -0.400 e. The molecular formula is C17H22F4N2O2S. The lowest BCUT2D eigenvalue weighted by atomic mass is 10.1. The van der Waals surface area contributed by atoms with E-state index in [1.54, 1.807) is 6.92 Å². The number of aldehydes is 1. The summed E-state index contributed by atoms with van der Waals surface area (Å²) in [7, 11) is 2.54. The Balaban J connectivity index is 0.00000146. The van der Waals surface area contributed by atoms with Crippen molar-refractivity contribution in [2.45, 2.75) is 31.8 Å². The number of nitrogens with zero attached hydrogens (tertiary/aromatic N) is 2. The van der Waals surface area contributed by atoms with E-state index in [1.807, 2.05) is 13.8 Å². The summed E-state index contributed by atoms with van der Waals surface area (Å²) in [4.78, 5) is 15.1. The van der Waals surface area contributed by atoms with Crippen LogP contribution in [-0.4, -0.2) is 40.0 Å². The monoisotopic (exact) mass is 394 g/mol. The van der Waals surface area contributed by atoms with Crippen LogP contribution in [0, 0.1) is 12.7 Å². The number of hydrogen-bond donors (Lipinski definition) is 1. The molecular weight excluding hydrogens is 372 g/mol. The lowest BCUT2D eigenvalue weighted by molar-refractivity contribution is -0.105. The molecule has 0 saturated carbocycles. The number of aliphatic hydroxyl groups excluding tert-OH is 1. The number of alkyl halides is 3. The number of imidazole rings is 1.